The Morgan fingerprint density at radius 2 is 1.81 bits per heavy atom. The summed E-state index contributed by atoms with van der Waals surface area (Å²) in [4.78, 5) is 33.4. The summed E-state index contributed by atoms with van der Waals surface area (Å²) >= 11 is 0. The highest BCUT2D eigenvalue weighted by Gasteiger charge is 2.26. The number of nitrogens with zero attached hydrogens (tertiary/aromatic N) is 3. The zero-order valence-electron chi connectivity index (χ0n) is 19.3. The highest BCUT2D eigenvalue weighted by Crippen LogP contribution is 2.25. The number of unbranched alkanes of at least 4 members (excludes halogenated alkanes) is 1. The van der Waals surface area contributed by atoms with Gasteiger partial charge >= 0.3 is 0 Å². The van der Waals surface area contributed by atoms with Crippen LogP contribution in [-0.2, 0) is 4.79 Å². The SMILES string of the molecule is CCCCN(C(=O)CCC)[C@H](C)c1nc2ccccc2c(=O)n1-c1ccc(C)c(C)c1. The molecule has 0 saturated heterocycles. The summed E-state index contributed by atoms with van der Waals surface area (Å²) in [5.41, 5.74) is 3.62. The van der Waals surface area contributed by atoms with Crippen LogP contribution in [0.1, 0.15) is 69.4 Å². The first-order valence-electron chi connectivity index (χ1n) is 11.3. The summed E-state index contributed by atoms with van der Waals surface area (Å²) in [6.07, 6.45) is 3.21. The quantitative estimate of drug-likeness (QED) is 0.485. The highest BCUT2D eigenvalue weighted by atomic mass is 16.2. The Morgan fingerprint density at radius 1 is 1.06 bits per heavy atom. The van der Waals surface area contributed by atoms with Gasteiger partial charge in [0.25, 0.3) is 5.56 Å². The van der Waals surface area contributed by atoms with Crippen LogP contribution in [0, 0.1) is 13.8 Å². The van der Waals surface area contributed by atoms with Crippen LogP contribution in [0.15, 0.2) is 47.3 Å². The van der Waals surface area contributed by atoms with Gasteiger partial charge in [-0.25, -0.2) is 4.98 Å². The number of para-hydroxylation sites is 1. The van der Waals surface area contributed by atoms with E-state index in [9.17, 15) is 9.59 Å². The number of carbonyl (C=O) groups excluding carboxylic acids is 1. The van der Waals surface area contributed by atoms with Gasteiger partial charge in [0, 0.05) is 13.0 Å². The van der Waals surface area contributed by atoms with Crippen LogP contribution in [0.5, 0.6) is 0 Å². The minimum Gasteiger partial charge on any atom is -0.333 e. The molecule has 3 rings (SSSR count). The molecule has 0 spiro atoms. The van der Waals surface area contributed by atoms with Crippen molar-refractivity contribution in [1.82, 2.24) is 14.5 Å². The topological polar surface area (TPSA) is 55.2 Å². The Kier molecular flexibility index (Phi) is 7.26. The molecular formula is C26H33N3O2. The fourth-order valence-corrected chi connectivity index (χ4v) is 3.90. The van der Waals surface area contributed by atoms with Crippen molar-refractivity contribution < 1.29 is 4.79 Å². The number of amides is 1. The van der Waals surface area contributed by atoms with E-state index in [1.54, 1.807) is 4.57 Å². The third kappa shape index (κ3) is 4.71. The Balaban J connectivity index is 2.24. The second kappa shape index (κ2) is 9.90. The van der Waals surface area contributed by atoms with E-state index in [0.29, 0.717) is 29.7 Å². The van der Waals surface area contributed by atoms with E-state index in [4.69, 9.17) is 4.98 Å². The fourth-order valence-electron chi connectivity index (χ4n) is 3.90. The molecule has 31 heavy (non-hydrogen) atoms. The molecule has 0 aliphatic carbocycles. The lowest BCUT2D eigenvalue weighted by molar-refractivity contribution is -0.133. The van der Waals surface area contributed by atoms with Crippen LogP contribution in [0.3, 0.4) is 0 Å². The number of hydrogen-bond donors (Lipinski definition) is 0. The molecule has 164 valence electrons. The summed E-state index contributed by atoms with van der Waals surface area (Å²) < 4.78 is 1.69. The van der Waals surface area contributed by atoms with Crippen LogP contribution < -0.4 is 5.56 Å². The van der Waals surface area contributed by atoms with E-state index in [1.807, 2.05) is 68.1 Å². The number of carbonyl (C=O) groups is 1. The van der Waals surface area contributed by atoms with Crippen molar-refractivity contribution in [1.29, 1.82) is 0 Å². The predicted molar refractivity (Wildman–Crippen MR) is 127 cm³/mol. The highest BCUT2D eigenvalue weighted by molar-refractivity contribution is 5.79. The van der Waals surface area contributed by atoms with Crippen LogP contribution in [0.4, 0.5) is 0 Å². The first kappa shape index (κ1) is 22.7. The van der Waals surface area contributed by atoms with E-state index in [2.05, 4.69) is 13.8 Å². The van der Waals surface area contributed by atoms with E-state index < -0.39 is 0 Å². The van der Waals surface area contributed by atoms with Gasteiger partial charge in [-0.15, -0.1) is 0 Å². The van der Waals surface area contributed by atoms with Gasteiger partial charge in [0.05, 0.1) is 22.6 Å². The first-order valence-corrected chi connectivity index (χ1v) is 11.3. The predicted octanol–water partition coefficient (Wildman–Crippen LogP) is 5.49. The molecule has 0 saturated carbocycles. The second-order valence-corrected chi connectivity index (χ2v) is 8.26. The number of fused-ring (bicyclic) bond motifs is 1. The second-order valence-electron chi connectivity index (χ2n) is 8.26. The Morgan fingerprint density at radius 3 is 2.48 bits per heavy atom. The van der Waals surface area contributed by atoms with E-state index in [0.717, 1.165) is 30.5 Å². The monoisotopic (exact) mass is 419 g/mol. The smallest absolute Gasteiger partial charge is 0.266 e. The molecule has 0 N–H and O–H groups in total. The Labute approximate surface area is 184 Å². The van der Waals surface area contributed by atoms with Gasteiger partial charge in [0.2, 0.25) is 5.91 Å². The van der Waals surface area contributed by atoms with Crippen LogP contribution >= 0.6 is 0 Å². The largest absolute Gasteiger partial charge is 0.333 e. The minimum atomic E-state index is -0.315. The zero-order chi connectivity index (χ0) is 22.5. The Bertz CT molecular complexity index is 1130. The molecule has 0 aliphatic rings. The van der Waals surface area contributed by atoms with E-state index in [-0.39, 0.29) is 17.5 Å². The molecule has 0 aliphatic heterocycles. The fraction of sp³-hybridized carbons (Fsp3) is 0.423. The van der Waals surface area contributed by atoms with Gasteiger partial charge in [0.1, 0.15) is 5.82 Å². The van der Waals surface area contributed by atoms with Crippen LogP contribution in [-0.4, -0.2) is 26.9 Å². The van der Waals surface area contributed by atoms with Gasteiger partial charge < -0.3 is 4.90 Å². The summed E-state index contributed by atoms with van der Waals surface area (Å²) in [6.45, 7) is 10.9. The molecule has 1 aromatic heterocycles. The van der Waals surface area contributed by atoms with Crippen molar-refractivity contribution in [3.05, 3.63) is 69.8 Å². The number of aryl methyl sites for hydroxylation is 2. The maximum Gasteiger partial charge on any atom is 0.266 e. The molecule has 5 nitrogen and oxygen atoms in total. The lowest BCUT2D eigenvalue weighted by Crippen LogP contribution is -2.38. The van der Waals surface area contributed by atoms with Gasteiger partial charge in [-0.1, -0.05) is 38.5 Å². The average molecular weight is 420 g/mol. The van der Waals surface area contributed by atoms with Crippen molar-refractivity contribution in [2.24, 2.45) is 0 Å². The zero-order valence-corrected chi connectivity index (χ0v) is 19.3. The molecule has 1 atom stereocenters. The first-order chi connectivity index (χ1) is 14.9. The number of hydrogen-bond acceptors (Lipinski definition) is 3. The molecule has 3 aromatic rings. The Hall–Kier alpha value is -2.95. The van der Waals surface area contributed by atoms with Crippen molar-refractivity contribution in [3.63, 3.8) is 0 Å². The van der Waals surface area contributed by atoms with Gasteiger partial charge in [-0.3, -0.25) is 14.2 Å². The minimum absolute atomic E-state index is 0.103. The molecular weight excluding hydrogens is 386 g/mol. The van der Waals surface area contributed by atoms with Crippen molar-refractivity contribution in [2.75, 3.05) is 6.54 Å². The van der Waals surface area contributed by atoms with Gasteiger partial charge in [-0.05, 0) is 69.0 Å². The number of aromatic nitrogens is 2. The van der Waals surface area contributed by atoms with E-state index >= 15 is 0 Å². The summed E-state index contributed by atoms with van der Waals surface area (Å²) in [6, 6.07) is 13.1. The van der Waals surface area contributed by atoms with Crippen molar-refractivity contribution in [3.8, 4) is 5.69 Å². The number of rotatable bonds is 8. The van der Waals surface area contributed by atoms with Gasteiger partial charge in [0.15, 0.2) is 0 Å². The lowest BCUT2D eigenvalue weighted by Gasteiger charge is -2.30. The molecule has 1 heterocycles. The normalized spacial score (nSPS) is 12.2. The van der Waals surface area contributed by atoms with Crippen molar-refractivity contribution >= 4 is 16.8 Å². The molecule has 0 fully saturated rings. The molecule has 0 bridgehead atoms. The molecule has 1 amide bonds. The molecule has 0 radical (unpaired) electrons. The third-order valence-corrected chi connectivity index (χ3v) is 5.93. The number of benzene rings is 2. The van der Waals surface area contributed by atoms with Crippen LogP contribution in [0.25, 0.3) is 16.6 Å². The molecule has 2 aromatic carbocycles. The molecule has 0 unspecified atom stereocenters. The third-order valence-electron chi connectivity index (χ3n) is 5.93. The summed E-state index contributed by atoms with van der Waals surface area (Å²) in [5.74, 6) is 0.713. The van der Waals surface area contributed by atoms with Crippen LogP contribution in [0.2, 0.25) is 0 Å². The standard InChI is InChI=1S/C26H33N3O2/c1-6-8-16-28(24(30)11-7-2)20(5)25-27-23-13-10-9-12-22(23)26(31)29(25)21-15-14-18(3)19(4)17-21/h9-10,12-15,17,20H,6-8,11,16H2,1-5H3/t20-/m1/s1. The summed E-state index contributed by atoms with van der Waals surface area (Å²) in [5, 5.41) is 0.580. The average Bonchev–Trinajstić information content (AvgIpc) is 2.76. The maximum absolute atomic E-state index is 13.6. The van der Waals surface area contributed by atoms with Gasteiger partial charge in [-0.2, -0.15) is 0 Å². The van der Waals surface area contributed by atoms with E-state index in [1.165, 1.54) is 5.56 Å². The van der Waals surface area contributed by atoms with Crippen molar-refractivity contribution in [2.45, 2.75) is 66.3 Å². The lowest BCUT2D eigenvalue weighted by atomic mass is 10.1. The molecule has 5 heteroatoms. The maximum atomic E-state index is 13.6. The summed E-state index contributed by atoms with van der Waals surface area (Å²) in [7, 11) is 0.